The van der Waals surface area contributed by atoms with Crippen LogP contribution in [0.15, 0.2) is 121 Å². The van der Waals surface area contributed by atoms with Crippen molar-refractivity contribution < 1.29 is 110 Å². The first-order valence-corrected chi connectivity index (χ1v) is 48.6. The Hall–Kier alpha value is -9.39. The van der Waals surface area contributed by atoms with E-state index in [0.717, 1.165) is 20.9 Å². The Bertz CT molecular complexity index is 4510. The largest absolute Gasteiger partial charge is 0.501 e. The average molecular weight is 1750 g/mol. The molecule has 34 heteroatoms. The van der Waals surface area contributed by atoms with Crippen LogP contribution in [-0.2, 0) is 85.0 Å². The molecule has 4 N–H and O–H groups in total. The molecule has 0 aliphatic carbocycles. The van der Waals surface area contributed by atoms with Crippen molar-refractivity contribution in [2.24, 2.45) is 11.8 Å². The molecule has 9 aromatic rings. The first-order chi connectivity index (χ1) is 58.8. The summed E-state index contributed by atoms with van der Waals surface area (Å²) in [7, 11) is 6.81. The third kappa shape index (κ3) is 19.9. The van der Waals surface area contributed by atoms with Gasteiger partial charge in [0.15, 0.2) is 0 Å². The van der Waals surface area contributed by atoms with Crippen molar-refractivity contribution in [1.82, 2.24) is 20.4 Å². The highest BCUT2D eigenvalue weighted by Crippen LogP contribution is 2.58. The Morgan fingerprint density at radius 2 is 0.590 bits per heavy atom. The SMILES string of the molecule is CCOCCNC(=O)C(C(C)C)N1C(=O)c2cc(Oc3ccc(CCC[Si](OC)(OC)OC)cc3)c3c4c(Oc5ccc(NCC[Si](OC)(OC)OC)cc5)cc5c6c(cc(Oc7ccc(NCC[Si](OC)(OC)OC)cc7)c(c7c(Oc8ccc(CCC[Si](OC)(OC)OC)cc8)cc(c2c37)C1=O)c64)C(=O)N(C(C(=O)NCCOCC)C(C)C)C5=O. The van der Waals surface area contributed by atoms with Gasteiger partial charge in [0.1, 0.15) is 58.1 Å². The van der Waals surface area contributed by atoms with Gasteiger partial charge in [-0.25, -0.2) is 0 Å². The molecule has 2 unspecified atom stereocenters. The molecule has 0 aromatic heterocycles. The summed E-state index contributed by atoms with van der Waals surface area (Å²) in [6, 6.07) is 34.5. The molecule has 0 spiro atoms. The smallest absolute Gasteiger partial charge is 0.457 e. The van der Waals surface area contributed by atoms with Crippen molar-refractivity contribution >= 4 is 125 Å². The lowest BCUT2D eigenvalue weighted by Crippen LogP contribution is -2.56. The van der Waals surface area contributed by atoms with Gasteiger partial charge in [0, 0.05) is 203 Å². The van der Waals surface area contributed by atoms with Crippen LogP contribution in [0.5, 0.6) is 46.0 Å². The summed E-state index contributed by atoms with van der Waals surface area (Å²) in [6.45, 7) is 12.7. The Morgan fingerprint density at radius 3 is 0.836 bits per heavy atom. The highest BCUT2D eigenvalue weighted by molar-refractivity contribution is 6.62. The number of hydrogen-bond acceptors (Lipinski definition) is 26. The summed E-state index contributed by atoms with van der Waals surface area (Å²) in [5.74, 6) is -4.60. The molecule has 122 heavy (non-hydrogen) atoms. The number of ether oxygens (including phenoxy) is 6. The molecule has 2 heterocycles. The van der Waals surface area contributed by atoms with E-state index in [1.807, 2.05) is 62.4 Å². The van der Waals surface area contributed by atoms with Crippen molar-refractivity contribution in [3.8, 4) is 46.0 Å². The number of nitrogens with zero attached hydrogens (tertiary/aromatic N) is 2. The lowest BCUT2D eigenvalue weighted by atomic mass is 9.80. The number of rotatable bonds is 50. The maximum atomic E-state index is 16.5. The van der Waals surface area contributed by atoms with Crippen LogP contribution in [0.4, 0.5) is 11.4 Å². The molecular formula is C88H114N6O24Si4. The molecule has 11 rings (SSSR count). The Labute approximate surface area is 716 Å². The summed E-state index contributed by atoms with van der Waals surface area (Å²) >= 11 is 0. The van der Waals surface area contributed by atoms with Crippen LogP contribution in [0, 0.1) is 11.8 Å². The van der Waals surface area contributed by atoms with E-state index in [-0.39, 0.29) is 126 Å². The average Bonchev–Trinajstić information content (AvgIpc) is 0.669. The second-order valence-corrected chi connectivity index (χ2v) is 42.4. The molecule has 656 valence electrons. The summed E-state index contributed by atoms with van der Waals surface area (Å²) in [5.41, 5.74) is 3.09. The monoisotopic (exact) mass is 1750 g/mol. The number of hydrogen-bond donors (Lipinski definition) is 4. The predicted octanol–water partition coefficient (Wildman–Crippen LogP) is 14.7. The fourth-order valence-corrected chi connectivity index (χ4v) is 22.5. The minimum Gasteiger partial charge on any atom is -0.457 e. The molecule has 0 radical (unpaired) electrons. The normalized spacial score (nSPS) is 13.8. The van der Waals surface area contributed by atoms with Gasteiger partial charge in [0.05, 0.1) is 35.5 Å². The Morgan fingerprint density at radius 1 is 0.336 bits per heavy atom. The van der Waals surface area contributed by atoms with Crippen molar-refractivity contribution in [3.63, 3.8) is 0 Å². The van der Waals surface area contributed by atoms with Crippen LogP contribution < -0.4 is 40.2 Å². The number of imide groups is 2. The number of nitrogens with one attached hydrogen (secondary N) is 4. The minimum absolute atomic E-state index is 0.0176. The summed E-state index contributed by atoms with van der Waals surface area (Å²) in [5, 5.41) is 14.3. The first-order valence-electron chi connectivity index (χ1n) is 40.9. The quantitative estimate of drug-likeness (QED) is 0.00905. The number of benzene rings is 9. The summed E-state index contributed by atoms with van der Waals surface area (Å²) in [6.07, 6.45) is 2.48. The second-order valence-electron chi connectivity index (χ2n) is 30.0. The van der Waals surface area contributed by atoms with Crippen molar-refractivity contribution in [1.29, 1.82) is 0 Å². The number of carbonyl (C=O) groups excluding carboxylic acids is 6. The molecule has 0 fully saturated rings. The van der Waals surface area contributed by atoms with Crippen LogP contribution >= 0.6 is 0 Å². The predicted molar refractivity (Wildman–Crippen MR) is 471 cm³/mol. The van der Waals surface area contributed by atoms with E-state index in [2.05, 4.69) is 21.3 Å². The van der Waals surface area contributed by atoms with Gasteiger partial charge in [-0.15, -0.1) is 0 Å². The van der Waals surface area contributed by atoms with Gasteiger partial charge in [-0.2, -0.15) is 0 Å². The van der Waals surface area contributed by atoms with Crippen LogP contribution in [0.2, 0.25) is 24.2 Å². The van der Waals surface area contributed by atoms with E-state index in [1.165, 1.54) is 0 Å². The molecule has 2 aliphatic rings. The molecule has 9 aromatic carbocycles. The second kappa shape index (κ2) is 41.9. The zero-order valence-electron chi connectivity index (χ0n) is 72.9. The Balaban J connectivity index is 1.26. The molecule has 2 atom stereocenters. The number of aryl methyl sites for hydroxylation is 2. The molecule has 2 aliphatic heterocycles. The van der Waals surface area contributed by atoms with Crippen molar-refractivity contribution in [2.45, 2.75) is 103 Å². The molecule has 0 saturated carbocycles. The fraction of sp³-hybridized carbons (Fsp3) is 0.432. The van der Waals surface area contributed by atoms with Gasteiger partial charge < -0.3 is 103 Å². The minimum atomic E-state index is -3.01. The zero-order valence-corrected chi connectivity index (χ0v) is 76.9. The third-order valence-electron chi connectivity index (χ3n) is 22.4. The van der Waals surface area contributed by atoms with Crippen molar-refractivity contribution in [2.75, 3.05) is 149 Å². The molecule has 0 saturated heterocycles. The standard InChI is InChI=1S/C88H114N6O24Si4/c1-19-113-45-41-91-83(95)81(55(3)4)93-85(97)65-51-69(115-61-33-25-57(26-34-61)23-21-47-119(101-7,102-8)103-9)75-77-71(117-63-37-29-59(30-38-63)89-43-49-121(107-13,108-14)109-15)53-67-74-68(88(100)94(87(67)99)82(56(5)6)84(96)92-42-46-114-20-2)54-72(118-64-39-31-60(32-40-64)90-44-50-122(110-16,111-17)112-18)78(80(74)77)76-70(52-66(86(93)98)73(65)79(75)76)116-62-35-27-58(28-36-62)24-22-48-120(104-10,105-11)106-12/h25-40,51-56,81-82,89-90H,19-24,41-50H2,1-18H3,(H,91,95)(H,92,96). The lowest BCUT2D eigenvalue weighted by Gasteiger charge is -2.37. The van der Waals surface area contributed by atoms with Crippen LogP contribution in [0.3, 0.4) is 0 Å². The molecule has 0 bridgehead atoms. The molecule has 30 nitrogen and oxygen atoms in total. The zero-order chi connectivity index (χ0) is 87.8. The van der Waals surface area contributed by atoms with Gasteiger partial charge in [-0.1, -0.05) is 52.0 Å². The van der Waals surface area contributed by atoms with E-state index in [1.54, 1.807) is 186 Å². The van der Waals surface area contributed by atoms with Gasteiger partial charge in [-0.05, 0) is 160 Å². The van der Waals surface area contributed by atoms with E-state index < -0.39 is 94.6 Å². The maximum absolute atomic E-state index is 16.5. The molecule has 6 amide bonds. The van der Waals surface area contributed by atoms with E-state index in [4.69, 9.17) is 81.5 Å². The van der Waals surface area contributed by atoms with Crippen LogP contribution in [0.25, 0.3) is 43.1 Å². The summed E-state index contributed by atoms with van der Waals surface area (Å²) < 4.78 is 110. The van der Waals surface area contributed by atoms with Crippen LogP contribution in [0.1, 0.15) is 107 Å². The topological polar surface area (TPSA) is 323 Å². The highest BCUT2D eigenvalue weighted by Gasteiger charge is 2.49. The van der Waals surface area contributed by atoms with Gasteiger partial charge in [0.2, 0.25) is 11.8 Å². The number of amides is 6. The van der Waals surface area contributed by atoms with Crippen molar-refractivity contribution in [3.05, 3.63) is 155 Å². The van der Waals surface area contributed by atoms with Gasteiger partial charge in [0.25, 0.3) is 23.6 Å². The van der Waals surface area contributed by atoms with Gasteiger partial charge in [-0.3, -0.25) is 38.6 Å². The maximum Gasteiger partial charge on any atom is 0.501 e. The number of anilines is 2. The number of carbonyl (C=O) groups is 6. The van der Waals surface area contributed by atoms with E-state index >= 15 is 19.2 Å². The number of fused-ring (bicyclic) bond motifs is 2. The summed E-state index contributed by atoms with van der Waals surface area (Å²) in [4.78, 5) is 97.9. The van der Waals surface area contributed by atoms with E-state index in [0.29, 0.717) is 99.0 Å². The Kier molecular flexibility index (Phi) is 32.0. The molecular weight excluding hydrogens is 1640 g/mol. The van der Waals surface area contributed by atoms with Gasteiger partial charge >= 0.3 is 35.2 Å². The fourth-order valence-electron chi connectivity index (χ4n) is 16.0. The van der Waals surface area contributed by atoms with Crippen LogP contribution in [-0.4, -0.2) is 230 Å². The lowest BCUT2D eigenvalue weighted by molar-refractivity contribution is -0.127. The third-order valence-corrected chi connectivity index (χ3v) is 33.6. The van der Waals surface area contributed by atoms with E-state index in [9.17, 15) is 9.59 Å². The highest BCUT2D eigenvalue weighted by atomic mass is 28.4. The first kappa shape index (κ1) is 93.3.